The third-order valence-electron chi connectivity index (χ3n) is 2.44. The lowest BCUT2D eigenvalue weighted by Crippen LogP contribution is -2.07. The van der Waals surface area contributed by atoms with Crippen LogP contribution in [0.2, 0.25) is 0 Å². The van der Waals surface area contributed by atoms with Crippen molar-refractivity contribution in [1.82, 2.24) is 10.3 Å². The summed E-state index contributed by atoms with van der Waals surface area (Å²) in [5.74, 6) is 0.658. The standard InChI is InChI=1S/C14H15BrN2O/c1-16-9-13-3-2-4-14(17-13)18-10-11-5-7-12(15)8-6-11/h2-8,16H,9-10H2,1H3. The topological polar surface area (TPSA) is 34.1 Å². The molecule has 1 aromatic carbocycles. The minimum atomic E-state index is 0.531. The van der Waals surface area contributed by atoms with E-state index in [1.807, 2.05) is 49.5 Å². The summed E-state index contributed by atoms with van der Waals surface area (Å²) in [6, 6.07) is 13.9. The number of pyridine rings is 1. The highest BCUT2D eigenvalue weighted by Gasteiger charge is 1.99. The van der Waals surface area contributed by atoms with Crippen molar-refractivity contribution in [3.63, 3.8) is 0 Å². The van der Waals surface area contributed by atoms with Crippen molar-refractivity contribution in [3.8, 4) is 5.88 Å². The zero-order valence-corrected chi connectivity index (χ0v) is 11.8. The van der Waals surface area contributed by atoms with Crippen molar-refractivity contribution in [2.45, 2.75) is 13.2 Å². The first-order valence-corrected chi connectivity index (χ1v) is 6.55. The van der Waals surface area contributed by atoms with E-state index in [9.17, 15) is 0 Å². The maximum atomic E-state index is 5.66. The molecule has 2 aromatic rings. The van der Waals surface area contributed by atoms with Gasteiger partial charge in [0.1, 0.15) is 6.61 Å². The van der Waals surface area contributed by atoms with E-state index in [2.05, 4.69) is 26.2 Å². The van der Waals surface area contributed by atoms with Crippen LogP contribution in [0.4, 0.5) is 0 Å². The molecule has 0 atom stereocenters. The Hall–Kier alpha value is -1.39. The van der Waals surface area contributed by atoms with Gasteiger partial charge in [0.25, 0.3) is 0 Å². The Balaban J connectivity index is 1.97. The number of nitrogens with one attached hydrogen (secondary N) is 1. The summed E-state index contributed by atoms with van der Waals surface area (Å²) in [6.07, 6.45) is 0. The number of benzene rings is 1. The van der Waals surface area contributed by atoms with E-state index >= 15 is 0 Å². The molecule has 4 heteroatoms. The van der Waals surface area contributed by atoms with Crippen LogP contribution in [0.3, 0.4) is 0 Å². The molecule has 1 aromatic heterocycles. The Bertz CT molecular complexity index is 499. The van der Waals surface area contributed by atoms with Gasteiger partial charge in [-0.3, -0.25) is 0 Å². The average molecular weight is 307 g/mol. The molecule has 0 radical (unpaired) electrons. The molecular weight excluding hydrogens is 292 g/mol. The van der Waals surface area contributed by atoms with Crippen LogP contribution in [0.15, 0.2) is 46.9 Å². The number of halogens is 1. The van der Waals surface area contributed by atoms with Crippen molar-refractivity contribution < 1.29 is 4.74 Å². The first kappa shape index (κ1) is 13.1. The second-order valence-corrected chi connectivity index (χ2v) is 4.83. The Morgan fingerprint density at radius 3 is 2.67 bits per heavy atom. The van der Waals surface area contributed by atoms with Crippen molar-refractivity contribution in [2.24, 2.45) is 0 Å². The molecule has 0 bridgehead atoms. The highest BCUT2D eigenvalue weighted by molar-refractivity contribution is 9.10. The molecule has 1 heterocycles. The van der Waals surface area contributed by atoms with Crippen LogP contribution in [0.5, 0.6) is 5.88 Å². The number of ether oxygens (including phenoxy) is 1. The third-order valence-corrected chi connectivity index (χ3v) is 2.97. The number of aromatic nitrogens is 1. The fourth-order valence-electron chi connectivity index (χ4n) is 1.56. The summed E-state index contributed by atoms with van der Waals surface area (Å²) in [5, 5.41) is 3.07. The summed E-state index contributed by atoms with van der Waals surface area (Å²) in [5.41, 5.74) is 2.10. The largest absolute Gasteiger partial charge is 0.473 e. The smallest absolute Gasteiger partial charge is 0.213 e. The number of hydrogen-bond donors (Lipinski definition) is 1. The van der Waals surface area contributed by atoms with E-state index in [-0.39, 0.29) is 0 Å². The number of nitrogens with zero attached hydrogens (tertiary/aromatic N) is 1. The number of rotatable bonds is 5. The van der Waals surface area contributed by atoms with Gasteiger partial charge in [-0.15, -0.1) is 0 Å². The van der Waals surface area contributed by atoms with Crippen molar-refractivity contribution in [3.05, 3.63) is 58.2 Å². The van der Waals surface area contributed by atoms with E-state index < -0.39 is 0 Å². The second kappa shape index (κ2) is 6.52. The monoisotopic (exact) mass is 306 g/mol. The van der Waals surface area contributed by atoms with Gasteiger partial charge in [-0.05, 0) is 30.8 Å². The van der Waals surface area contributed by atoms with Crippen LogP contribution >= 0.6 is 15.9 Å². The first-order chi connectivity index (χ1) is 8.78. The van der Waals surface area contributed by atoms with Crippen LogP contribution in [0.25, 0.3) is 0 Å². The van der Waals surface area contributed by atoms with Crippen molar-refractivity contribution >= 4 is 15.9 Å². The molecule has 0 saturated carbocycles. The minimum Gasteiger partial charge on any atom is -0.473 e. The lowest BCUT2D eigenvalue weighted by Gasteiger charge is -2.07. The van der Waals surface area contributed by atoms with Crippen molar-refractivity contribution in [2.75, 3.05) is 7.05 Å². The predicted octanol–water partition coefficient (Wildman–Crippen LogP) is 3.14. The highest BCUT2D eigenvalue weighted by Crippen LogP contribution is 2.13. The molecule has 0 amide bonds. The Kier molecular flexibility index (Phi) is 4.73. The molecule has 1 N–H and O–H groups in total. The Morgan fingerprint density at radius 2 is 1.94 bits per heavy atom. The molecule has 94 valence electrons. The molecule has 0 spiro atoms. The maximum absolute atomic E-state index is 5.66. The van der Waals surface area contributed by atoms with E-state index in [1.54, 1.807) is 0 Å². The van der Waals surface area contributed by atoms with E-state index in [1.165, 1.54) is 0 Å². The lowest BCUT2D eigenvalue weighted by molar-refractivity contribution is 0.293. The lowest BCUT2D eigenvalue weighted by atomic mass is 10.2. The highest BCUT2D eigenvalue weighted by atomic mass is 79.9. The molecule has 0 aliphatic heterocycles. The van der Waals surface area contributed by atoms with Crippen LogP contribution in [0, 0.1) is 0 Å². The van der Waals surface area contributed by atoms with Crippen LogP contribution in [0.1, 0.15) is 11.3 Å². The molecule has 0 saturated heterocycles. The second-order valence-electron chi connectivity index (χ2n) is 3.91. The van der Waals surface area contributed by atoms with Gasteiger partial charge in [0.15, 0.2) is 0 Å². The van der Waals surface area contributed by atoms with Gasteiger partial charge >= 0.3 is 0 Å². The van der Waals surface area contributed by atoms with Gasteiger partial charge in [0, 0.05) is 17.1 Å². The van der Waals surface area contributed by atoms with E-state index in [0.29, 0.717) is 12.5 Å². The van der Waals surface area contributed by atoms with Gasteiger partial charge in [-0.2, -0.15) is 0 Å². The van der Waals surface area contributed by atoms with Gasteiger partial charge in [0.2, 0.25) is 5.88 Å². The molecular formula is C14H15BrN2O. The number of hydrogen-bond acceptors (Lipinski definition) is 3. The maximum Gasteiger partial charge on any atom is 0.213 e. The molecule has 0 unspecified atom stereocenters. The average Bonchev–Trinajstić information content (AvgIpc) is 2.39. The zero-order chi connectivity index (χ0) is 12.8. The van der Waals surface area contributed by atoms with Gasteiger partial charge in [0.05, 0.1) is 5.69 Å². The summed E-state index contributed by atoms with van der Waals surface area (Å²) in [4.78, 5) is 4.40. The molecule has 18 heavy (non-hydrogen) atoms. The fraction of sp³-hybridized carbons (Fsp3) is 0.214. The fourth-order valence-corrected chi connectivity index (χ4v) is 1.82. The summed E-state index contributed by atoms with van der Waals surface area (Å²) >= 11 is 3.41. The SMILES string of the molecule is CNCc1cccc(OCc2ccc(Br)cc2)n1. The van der Waals surface area contributed by atoms with E-state index in [4.69, 9.17) is 4.74 Å². The van der Waals surface area contributed by atoms with Crippen LogP contribution in [-0.4, -0.2) is 12.0 Å². The van der Waals surface area contributed by atoms with Gasteiger partial charge < -0.3 is 10.1 Å². The third kappa shape index (κ3) is 3.82. The van der Waals surface area contributed by atoms with Crippen LogP contribution < -0.4 is 10.1 Å². The summed E-state index contributed by atoms with van der Waals surface area (Å²) in [7, 11) is 1.90. The zero-order valence-electron chi connectivity index (χ0n) is 10.2. The Morgan fingerprint density at radius 1 is 1.17 bits per heavy atom. The molecule has 0 aliphatic rings. The van der Waals surface area contributed by atoms with Gasteiger partial charge in [-0.25, -0.2) is 4.98 Å². The quantitative estimate of drug-likeness (QED) is 0.921. The minimum absolute atomic E-state index is 0.531. The van der Waals surface area contributed by atoms with E-state index in [0.717, 1.165) is 22.3 Å². The predicted molar refractivity (Wildman–Crippen MR) is 75.5 cm³/mol. The Labute approximate surface area is 115 Å². The first-order valence-electron chi connectivity index (χ1n) is 5.76. The molecule has 0 aliphatic carbocycles. The van der Waals surface area contributed by atoms with Crippen LogP contribution in [-0.2, 0) is 13.2 Å². The summed E-state index contributed by atoms with van der Waals surface area (Å²) < 4.78 is 6.73. The normalized spacial score (nSPS) is 10.3. The summed E-state index contributed by atoms with van der Waals surface area (Å²) in [6.45, 7) is 1.28. The van der Waals surface area contributed by atoms with Gasteiger partial charge in [-0.1, -0.05) is 34.1 Å². The molecule has 0 fully saturated rings. The molecule has 3 nitrogen and oxygen atoms in total. The van der Waals surface area contributed by atoms with Crippen molar-refractivity contribution in [1.29, 1.82) is 0 Å². The molecule has 2 rings (SSSR count).